The Balaban J connectivity index is 1.93. The largest absolute Gasteiger partial charge is 0.380 e. The molecule has 2 nitrogen and oxygen atoms in total. The predicted octanol–water partition coefficient (Wildman–Crippen LogP) is 2.50. The first-order chi connectivity index (χ1) is 6.35. The van der Waals surface area contributed by atoms with E-state index in [1.54, 1.807) is 0 Å². The second-order valence-electron chi connectivity index (χ2n) is 4.55. The van der Waals surface area contributed by atoms with Crippen LogP contribution in [0.15, 0.2) is 0 Å². The van der Waals surface area contributed by atoms with Crippen molar-refractivity contribution in [2.24, 2.45) is 11.3 Å². The van der Waals surface area contributed by atoms with Crippen LogP contribution in [0, 0.1) is 22.7 Å². The molecule has 1 aliphatic carbocycles. The van der Waals surface area contributed by atoms with Gasteiger partial charge >= 0.3 is 0 Å². The summed E-state index contributed by atoms with van der Waals surface area (Å²) in [5.74, 6) is 0.807. The van der Waals surface area contributed by atoms with E-state index in [-0.39, 0.29) is 5.41 Å². The molecule has 0 aromatic carbocycles. The van der Waals surface area contributed by atoms with E-state index in [2.05, 4.69) is 6.07 Å². The molecule has 1 atom stereocenters. The Labute approximate surface area is 79.9 Å². The fourth-order valence-electron chi connectivity index (χ4n) is 2.67. The SMILES string of the molecule is N#CC1(CC2CCCC2)CCOC1. The molecule has 2 fully saturated rings. The molecular formula is C11H17NO. The number of rotatable bonds is 2. The zero-order chi connectivity index (χ0) is 9.15. The van der Waals surface area contributed by atoms with Gasteiger partial charge in [0.2, 0.25) is 0 Å². The molecule has 1 unspecified atom stereocenters. The van der Waals surface area contributed by atoms with Gasteiger partial charge in [-0.25, -0.2) is 0 Å². The van der Waals surface area contributed by atoms with Gasteiger partial charge in [0.15, 0.2) is 0 Å². The van der Waals surface area contributed by atoms with Gasteiger partial charge in [-0.15, -0.1) is 0 Å². The van der Waals surface area contributed by atoms with Crippen LogP contribution in [0.2, 0.25) is 0 Å². The lowest BCUT2D eigenvalue weighted by atomic mass is 9.79. The maximum Gasteiger partial charge on any atom is 0.0831 e. The lowest BCUT2D eigenvalue weighted by molar-refractivity contribution is 0.160. The molecule has 0 bridgehead atoms. The van der Waals surface area contributed by atoms with Gasteiger partial charge in [0.1, 0.15) is 0 Å². The summed E-state index contributed by atoms with van der Waals surface area (Å²) in [5, 5.41) is 9.15. The number of nitriles is 1. The fraction of sp³-hybridized carbons (Fsp3) is 0.909. The molecule has 0 aromatic rings. The summed E-state index contributed by atoms with van der Waals surface area (Å²) in [4.78, 5) is 0. The highest BCUT2D eigenvalue weighted by molar-refractivity contribution is 5.02. The highest BCUT2D eigenvalue weighted by atomic mass is 16.5. The zero-order valence-corrected chi connectivity index (χ0v) is 8.09. The van der Waals surface area contributed by atoms with Gasteiger partial charge in [0.25, 0.3) is 0 Å². The first kappa shape index (κ1) is 9.02. The van der Waals surface area contributed by atoms with Crippen LogP contribution in [0.4, 0.5) is 0 Å². The van der Waals surface area contributed by atoms with Crippen LogP contribution in [-0.4, -0.2) is 13.2 Å². The summed E-state index contributed by atoms with van der Waals surface area (Å²) in [5.41, 5.74) is -0.116. The average molecular weight is 179 g/mol. The van der Waals surface area contributed by atoms with Gasteiger partial charge in [-0.05, 0) is 18.8 Å². The molecule has 0 spiro atoms. The first-order valence-electron chi connectivity index (χ1n) is 5.34. The molecule has 0 aromatic heterocycles. The Morgan fingerprint density at radius 3 is 2.69 bits per heavy atom. The standard InChI is InChI=1S/C11H17NO/c12-8-11(5-6-13-9-11)7-10-3-1-2-4-10/h10H,1-7,9H2. The summed E-state index contributed by atoms with van der Waals surface area (Å²) in [6.07, 6.45) is 7.45. The van der Waals surface area contributed by atoms with Crippen LogP contribution in [0.25, 0.3) is 0 Å². The highest BCUT2D eigenvalue weighted by Gasteiger charge is 2.37. The van der Waals surface area contributed by atoms with Crippen molar-refractivity contribution in [1.29, 1.82) is 5.26 Å². The molecule has 72 valence electrons. The quantitative estimate of drug-likeness (QED) is 0.652. The minimum Gasteiger partial charge on any atom is -0.380 e. The third-order valence-electron chi connectivity index (χ3n) is 3.49. The van der Waals surface area contributed by atoms with Gasteiger partial charge in [-0.2, -0.15) is 5.26 Å². The van der Waals surface area contributed by atoms with Crippen molar-refractivity contribution in [1.82, 2.24) is 0 Å². The summed E-state index contributed by atoms with van der Waals surface area (Å²) in [6, 6.07) is 2.48. The Hall–Kier alpha value is -0.550. The molecule has 1 saturated carbocycles. The van der Waals surface area contributed by atoms with Crippen LogP contribution >= 0.6 is 0 Å². The van der Waals surface area contributed by atoms with Crippen LogP contribution in [0.5, 0.6) is 0 Å². The third-order valence-corrected chi connectivity index (χ3v) is 3.49. The van der Waals surface area contributed by atoms with Crippen LogP contribution in [0.1, 0.15) is 38.5 Å². The smallest absolute Gasteiger partial charge is 0.0831 e. The van der Waals surface area contributed by atoms with E-state index in [0.29, 0.717) is 6.61 Å². The number of ether oxygens (including phenoxy) is 1. The van der Waals surface area contributed by atoms with E-state index >= 15 is 0 Å². The number of hydrogen-bond donors (Lipinski definition) is 0. The van der Waals surface area contributed by atoms with Crippen LogP contribution in [0.3, 0.4) is 0 Å². The Morgan fingerprint density at radius 1 is 1.38 bits per heavy atom. The maximum absolute atomic E-state index is 9.15. The van der Waals surface area contributed by atoms with Gasteiger partial charge in [-0.1, -0.05) is 25.7 Å². The van der Waals surface area contributed by atoms with Crippen molar-refractivity contribution in [2.75, 3.05) is 13.2 Å². The molecule has 0 radical (unpaired) electrons. The Morgan fingerprint density at radius 2 is 2.15 bits per heavy atom. The highest BCUT2D eigenvalue weighted by Crippen LogP contribution is 2.40. The fourth-order valence-corrected chi connectivity index (χ4v) is 2.67. The second kappa shape index (κ2) is 3.67. The van der Waals surface area contributed by atoms with Crippen molar-refractivity contribution in [2.45, 2.75) is 38.5 Å². The Kier molecular flexibility index (Phi) is 2.55. The minimum absolute atomic E-state index is 0.116. The summed E-state index contributed by atoms with van der Waals surface area (Å²) < 4.78 is 5.34. The molecule has 0 amide bonds. The minimum atomic E-state index is -0.116. The zero-order valence-electron chi connectivity index (χ0n) is 8.09. The molecular weight excluding hydrogens is 162 g/mol. The van der Waals surface area contributed by atoms with E-state index in [1.165, 1.54) is 25.7 Å². The van der Waals surface area contributed by atoms with Crippen molar-refractivity contribution < 1.29 is 4.74 Å². The molecule has 1 heterocycles. The monoisotopic (exact) mass is 179 g/mol. The summed E-state index contributed by atoms with van der Waals surface area (Å²) in [7, 11) is 0. The van der Waals surface area contributed by atoms with Crippen molar-refractivity contribution in [3.05, 3.63) is 0 Å². The topological polar surface area (TPSA) is 33.0 Å². The van der Waals surface area contributed by atoms with Gasteiger partial charge < -0.3 is 4.74 Å². The normalized spacial score (nSPS) is 35.0. The lowest BCUT2D eigenvalue weighted by Crippen LogP contribution is -2.21. The van der Waals surface area contributed by atoms with E-state index < -0.39 is 0 Å². The second-order valence-corrected chi connectivity index (χ2v) is 4.55. The van der Waals surface area contributed by atoms with E-state index in [4.69, 9.17) is 10.00 Å². The summed E-state index contributed by atoms with van der Waals surface area (Å²) in [6.45, 7) is 1.47. The molecule has 2 aliphatic rings. The van der Waals surface area contributed by atoms with Crippen LogP contribution in [-0.2, 0) is 4.74 Å². The third kappa shape index (κ3) is 1.86. The van der Waals surface area contributed by atoms with Gasteiger partial charge in [0, 0.05) is 6.61 Å². The summed E-state index contributed by atoms with van der Waals surface area (Å²) >= 11 is 0. The van der Waals surface area contributed by atoms with Crippen LogP contribution < -0.4 is 0 Å². The number of hydrogen-bond acceptors (Lipinski definition) is 2. The van der Waals surface area contributed by atoms with Crippen molar-refractivity contribution in [3.63, 3.8) is 0 Å². The lowest BCUT2D eigenvalue weighted by Gasteiger charge is -2.22. The van der Waals surface area contributed by atoms with Crippen molar-refractivity contribution >= 4 is 0 Å². The van der Waals surface area contributed by atoms with Gasteiger partial charge in [0.05, 0.1) is 18.1 Å². The molecule has 1 aliphatic heterocycles. The van der Waals surface area contributed by atoms with Gasteiger partial charge in [-0.3, -0.25) is 0 Å². The predicted molar refractivity (Wildman–Crippen MR) is 50.1 cm³/mol. The van der Waals surface area contributed by atoms with E-state index in [0.717, 1.165) is 25.4 Å². The van der Waals surface area contributed by atoms with Crippen molar-refractivity contribution in [3.8, 4) is 6.07 Å². The molecule has 2 rings (SSSR count). The molecule has 1 saturated heterocycles. The average Bonchev–Trinajstić information content (AvgIpc) is 2.77. The first-order valence-corrected chi connectivity index (χ1v) is 5.34. The van der Waals surface area contributed by atoms with E-state index in [1.807, 2.05) is 0 Å². The van der Waals surface area contributed by atoms with E-state index in [9.17, 15) is 0 Å². The Bertz CT molecular complexity index is 207. The molecule has 2 heteroatoms. The number of nitrogens with zero attached hydrogens (tertiary/aromatic N) is 1. The molecule has 13 heavy (non-hydrogen) atoms. The maximum atomic E-state index is 9.15. The molecule has 0 N–H and O–H groups in total.